The summed E-state index contributed by atoms with van der Waals surface area (Å²) >= 11 is 0. The number of carbonyl (C=O) groups is 2. The molecule has 0 fully saturated rings. The number of pyridine rings is 2. The van der Waals surface area contributed by atoms with Crippen molar-refractivity contribution in [1.29, 1.82) is 0 Å². The number of hydrogen-bond donors (Lipinski definition) is 4. The Morgan fingerprint density at radius 3 is 2.89 bits per heavy atom. The Bertz CT molecular complexity index is 1480. The highest BCUT2D eigenvalue weighted by molar-refractivity contribution is 6.02. The number of aliphatic hydroxyl groups excluding tert-OH is 1. The molecule has 0 saturated carbocycles. The highest BCUT2D eigenvalue weighted by atomic mass is 16.6. The van der Waals surface area contributed by atoms with E-state index >= 15 is 0 Å². The lowest BCUT2D eigenvalue weighted by molar-refractivity contribution is -0.172. The van der Waals surface area contributed by atoms with Crippen molar-refractivity contribution >= 4 is 29.0 Å². The third-order valence-electron chi connectivity index (χ3n) is 6.54. The number of hydrogen-bond acceptors (Lipinski definition) is 9. The molecule has 1 aromatic carbocycles. The van der Waals surface area contributed by atoms with Gasteiger partial charge in [0.2, 0.25) is 0 Å². The van der Waals surface area contributed by atoms with Gasteiger partial charge in [0.1, 0.15) is 12.6 Å². The van der Waals surface area contributed by atoms with Gasteiger partial charge in [-0.05, 0) is 18.6 Å². The molecule has 11 heteroatoms. The Kier molecular flexibility index (Phi) is 5.47. The summed E-state index contributed by atoms with van der Waals surface area (Å²) in [7, 11) is 0. The summed E-state index contributed by atoms with van der Waals surface area (Å²) in [5.74, 6) is -1.43. The Balaban J connectivity index is 1.69. The van der Waals surface area contributed by atoms with Gasteiger partial charge in [-0.2, -0.15) is 5.10 Å². The first-order chi connectivity index (χ1) is 16.8. The lowest BCUT2D eigenvalue weighted by Crippen LogP contribution is -2.44. The van der Waals surface area contributed by atoms with E-state index in [1.807, 2.05) is 24.3 Å². The molecule has 0 aliphatic carbocycles. The number of nitrogens with one attached hydrogen (secondary N) is 1. The van der Waals surface area contributed by atoms with Crippen LogP contribution in [0.3, 0.4) is 0 Å². The van der Waals surface area contributed by atoms with Gasteiger partial charge in [-0.25, -0.2) is 15.2 Å². The average Bonchev–Trinajstić information content (AvgIpc) is 3.24. The van der Waals surface area contributed by atoms with Gasteiger partial charge in [0, 0.05) is 22.1 Å². The van der Waals surface area contributed by atoms with E-state index < -0.39 is 30.1 Å². The topological polar surface area (TPSA) is 169 Å². The molecule has 180 valence electrons. The summed E-state index contributed by atoms with van der Waals surface area (Å²) in [5, 5.41) is 24.8. The third kappa shape index (κ3) is 3.43. The Morgan fingerprint density at radius 2 is 2.14 bits per heavy atom. The van der Waals surface area contributed by atoms with Crippen molar-refractivity contribution in [2.45, 2.75) is 38.1 Å². The van der Waals surface area contributed by atoms with Crippen LogP contribution in [0.15, 0.2) is 40.2 Å². The van der Waals surface area contributed by atoms with E-state index in [2.05, 4.69) is 10.5 Å². The van der Waals surface area contributed by atoms with Crippen molar-refractivity contribution in [3.63, 3.8) is 0 Å². The standard InChI is InChI=1S/C24H23N5O6/c1-2-24(34)16-7-19-20-14(9-29(19)22(32)15(16)11-35-23(24)33)13(8-26-28-21(31)17(25)10-30)12-5-3-4-6-18(12)27-20/h3-8,17,30,34H,2,9-11,25H2,1H3,(H,28,31)/t17?,24-/m0/s1. The predicted molar refractivity (Wildman–Crippen MR) is 125 cm³/mol. The van der Waals surface area contributed by atoms with E-state index in [0.29, 0.717) is 28.0 Å². The Hall–Kier alpha value is -3.93. The molecule has 2 atom stereocenters. The largest absolute Gasteiger partial charge is 0.458 e. The molecular formula is C24H23N5O6. The van der Waals surface area contributed by atoms with Crippen LogP contribution in [-0.4, -0.2) is 50.5 Å². The van der Waals surface area contributed by atoms with Crippen molar-refractivity contribution in [3.05, 3.63) is 62.9 Å². The van der Waals surface area contributed by atoms with Crippen LogP contribution in [0, 0.1) is 0 Å². The summed E-state index contributed by atoms with van der Waals surface area (Å²) in [4.78, 5) is 42.5. The summed E-state index contributed by atoms with van der Waals surface area (Å²) in [6, 6.07) is 7.85. The molecule has 0 saturated heterocycles. The maximum Gasteiger partial charge on any atom is 0.343 e. The molecule has 5 N–H and O–H groups in total. The van der Waals surface area contributed by atoms with Gasteiger partial charge in [-0.3, -0.25) is 9.59 Å². The van der Waals surface area contributed by atoms with Crippen molar-refractivity contribution in [1.82, 2.24) is 15.0 Å². The summed E-state index contributed by atoms with van der Waals surface area (Å²) in [6.07, 6.45) is 1.50. The van der Waals surface area contributed by atoms with Gasteiger partial charge in [-0.1, -0.05) is 25.1 Å². The Morgan fingerprint density at radius 1 is 1.37 bits per heavy atom. The van der Waals surface area contributed by atoms with Crippen LogP contribution in [0.4, 0.5) is 0 Å². The van der Waals surface area contributed by atoms with Gasteiger partial charge >= 0.3 is 5.97 Å². The third-order valence-corrected chi connectivity index (χ3v) is 6.54. The highest BCUT2D eigenvalue weighted by Crippen LogP contribution is 2.39. The van der Waals surface area contributed by atoms with E-state index in [0.717, 1.165) is 5.39 Å². The van der Waals surface area contributed by atoms with Crippen LogP contribution in [0.2, 0.25) is 0 Å². The molecule has 2 aliphatic rings. The molecular weight excluding hydrogens is 454 g/mol. The number of nitrogens with two attached hydrogens (primary N) is 1. The summed E-state index contributed by atoms with van der Waals surface area (Å²) in [6.45, 7) is 1.09. The zero-order valence-corrected chi connectivity index (χ0v) is 18.8. The number of nitrogens with zero attached hydrogens (tertiary/aromatic N) is 3. The lowest BCUT2D eigenvalue weighted by atomic mass is 9.86. The fourth-order valence-corrected chi connectivity index (χ4v) is 4.53. The molecule has 0 bridgehead atoms. The molecule has 2 aromatic heterocycles. The maximum absolute atomic E-state index is 13.4. The van der Waals surface area contributed by atoms with Gasteiger partial charge < -0.3 is 25.3 Å². The van der Waals surface area contributed by atoms with Gasteiger partial charge in [0.05, 0.1) is 41.8 Å². The van der Waals surface area contributed by atoms with E-state index in [1.165, 1.54) is 10.8 Å². The number of para-hydroxylation sites is 1. The first-order valence-electron chi connectivity index (χ1n) is 11.1. The van der Waals surface area contributed by atoms with Gasteiger partial charge in [0.15, 0.2) is 5.60 Å². The number of aliphatic hydroxyl groups is 2. The van der Waals surface area contributed by atoms with E-state index in [4.69, 9.17) is 20.6 Å². The molecule has 3 aromatic rings. The average molecular weight is 477 g/mol. The van der Waals surface area contributed by atoms with Crippen molar-refractivity contribution in [2.75, 3.05) is 6.61 Å². The number of carbonyl (C=O) groups excluding carboxylic acids is 2. The molecule has 1 unspecified atom stereocenters. The predicted octanol–water partition coefficient (Wildman–Crippen LogP) is -0.151. The SMILES string of the molecule is CC[C@@]1(O)C(=O)OCc2c1cc1n(c2=O)Cc2c-1nc1ccccc1c2C=NNC(=O)C(N)CO. The lowest BCUT2D eigenvalue weighted by Gasteiger charge is -2.31. The monoisotopic (exact) mass is 477 g/mol. The van der Waals surface area contributed by atoms with Crippen molar-refractivity contribution in [3.8, 4) is 11.4 Å². The molecule has 5 rings (SSSR count). The molecule has 11 nitrogen and oxygen atoms in total. The van der Waals surface area contributed by atoms with E-state index in [-0.39, 0.29) is 36.3 Å². The van der Waals surface area contributed by atoms with Crippen LogP contribution >= 0.6 is 0 Å². The van der Waals surface area contributed by atoms with Crippen LogP contribution in [0.25, 0.3) is 22.3 Å². The quantitative estimate of drug-likeness (QED) is 0.175. The van der Waals surface area contributed by atoms with Crippen LogP contribution < -0.4 is 16.7 Å². The highest BCUT2D eigenvalue weighted by Gasteiger charge is 2.45. The van der Waals surface area contributed by atoms with Gasteiger partial charge in [-0.15, -0.1) is 0 Å². The van der Waals surface area contributed by atoms with Crippen LogP contribution in [0.5, 0.6) is 0 Å². The number of rotatable bonds is 5. The maximum atomic E-state index is 13.4. The number of hydrazone groups is 1. The first-order valence-corrected chi connectivity index (χ1v) is 11.1. The number of fused-ring (bicyclic) bond motifs is 5. The van der Waals surface area contributed by atoms with Crippen molar-refractivity contribution < 1.29 is 24.5 Å². The fraction of sp³-hybridized carbons (Fsp3) is 0.292. The molecule has 0 spiro atoms. The number of ether oxygens (including phenoxy) is 1. The summed E-state index contributed by atoms with van der Waals surface area (Å²) < 4.78 is 6.64. The smallest absolute Gasteiger partial charge is 0.343 e. The number of amides is 1. The number of benzene rings is 1. The molecule has 2 aliphatic heterocycles. The molecule has 1 amide bonds. The van der Waals surface area contributed by atoms with E-state index in [9.17, 15) is 19.5 Å². The summed E-state index contributed by atoms with van der Waals surface area (Å²) in [5.41, 5.74) is 8.96. The second-order valence-electron chi connectivity index (χ2n) is 8.50. The number of esters is 1. The number of cyclic esters (lactones) is 1. The van der Waals surface area contributed by atoms with Gasteiger partial charge in [0.25, 0.3) is 11.5 Å². The minimum Gasteiger partial charge on any atom is -0.458 e. The van der Waals surface area contributed by atoms with E-state index in [1.54, 1.807) is 13.0 Å². The Labute approximate surface area is 198 Å². The fourth-order valence-electron chi connectivity index (χ4n) is 4.53. The normalized spacial score (nSPS) is 19.3. The molecule has 35 heavy (non-hydrogen) atoms. The number of aromatic nitrogens is 2. The second-order valence-corrected chi connectivity index (χ2v) is 8.50. The van der Waals surface area contributed by atoms with Crippen LogP contribution in [-0.2, 0) is 33.1 Å². The minimum atomic E-state index is -1.91. The zero-order valence-electron chi connectivity index (χ0n) is 18.8. The van der Waals surface area contributed by atoms with Crippen LogP contribution in [0.1, 0.15) is 35.6 Å². The second kappa shape index (κ2) is 8.38. The molecule has 4 heterocycles. The van der Waals surface area contributed by atoms with Crippen molar-refractivity contribution in [2.24, 2.45) is 10.8 Å². The zero-order chi connectivity index (χ0) is 24.9. The molecule has 0 radical (unpaired) electrons. The first kappa shape index (κ1) is 22.8. The minimum absolute atomic E-state index is 0.0489.